The molecule has 3 rings (SSSR count). The van der Waals surface area contributed by atoms with Crippen LogP contribution in [0, 0.1) is 0 Å². The largest absolute Gasteiger partial charge is 0.490 e. The van der Waals surface area contributed by atoms with Gasteiger partial charge < -0.3 is 19.3 Å². The first-order valence-electron chi connectivity index (χ1n) is 9.15. The van der Waals surface area contributed by atoms with Crippen LogP contribution >= 0.6 is 0 Å². The summed E-state index contributed by atoms with van der Waals surface area (Å²) in [5, 5.41) is 0. The number of piperazine rings is 1. The van der Waals surface area contributed by atoms with E-state index in [4.69, 9.17) is 9.47 Å². The molecule has 0 atom stereocenters. The molecule has 1 aromatic rings. The monoisotopic (exact) mass is 346 g/mol. The number of nitrogens with zero attached hydrogens (tertiary/aromatic N) is 2. The quantitative estimate of drug-likeness (QED) is 0.841. The summed E-state index contributed by atoms with van der Waals surface area (Å²) in [5.74, 6) is 0.825. The Labute approximate surface area is 148 Å². The lowest BCUT2D eigenvalue weighted by atomic mass is 10.1. The maximum atomic E-state index is 12.6. The molecule has 2 amide bonds. The third-order valence-corrected chi connectivity index (χ3v) is 4.80. The standard InChI is InChI=1S/C19H26N2O4/c1-2-24-19(23)21-13-11-20(12-14-21)18(22)15-7-9-17(10-8-15)25-16-5-3-4-6-16/h7-10,16H,2-6,11-14H2,1H3. The Morgan fingerprint density at radius 1 is 1.00 bits per heavy atom. The summed E-state index contributed by atoms with van der Waals surface area (Å²) < 4.78 is 10.9. The highest BCUT2D eigenvalue weighted by molar-refractivity contribution is 5.94. The van der Waals surface area contributed by atoms with Gasteiger partial charge in [0.2, 0.25) is 0 Å². The molecule has 1 aliphatic heterocycles. The van der Waals surface area contributed by atoms with E-state index in [1.54, 1.807) is 16.7 Å². The average molecular weight is 346 g/mol. The minimum Gasteiger partial charge on any atom is -0.490 e. The Morgan fingerprint density at radius 2 is 1.60 bits per heavy atom. The molecule has 1 heterocycles. The molecule has 6 heteroatoms. The van der Waals surface area contributed by atoms with Gasteiger partial charge in [0.25, 0.3) is 5.91 Å². The van der Waals surface area contributed by atoms with Gasteiger partial charge in [0.05, 0.1) is 12.7 Å². The lowest BCUT2D eigenvalue weighted by Gasteiger charge is -2.34. The van der Waals surface area contributed by atoms with Gasteiger partial charge in [0, 0.05) is 31.7 Å². The van der Waals surface area contributed by atoms with Gasteiger partial charge >= 0.3 is 6.09 Å². The number of benzene rings is 1. The third kappa shape index (κ3) is 4.44. The smallest absolute Gasteiger partial charge is 0.409 e. The van der Waals surface area contributed by atoms with Crippen LogP contribution < -0.4 is 4.74 Å². The molecule has 2 fully saturated rings. The highest BCUT2D eigenvalue weighted by Gasteiger charge is 2.25. The van der Waals surface area contributed by atoms with E-state index < -0.39 is 0 Å². The van der Waals surface area contributed by atoms with Crippen LogP contribution in [-0.4, -0.2) is 60.7 Å². The van der Waals surface area contributed by atoms with Crippen LogP contribution in [0.5, 0.6) is 5.75 Å². The van der Waals surface area contributed by atoms with Crippen molar-refractivity contribution >= 4 is 12.0 Å². The van der Waals surface area contributed by atoms with Crippen LogP contribution in [0.3, 0.4) is 0 Å². The molecular weight excluding hydrogens is 320 g/mol. The predicted molar refractivity (Wildman–Crippen MR) is 93.8 cm³/mol. The van der Waals surface area contributed by atoms with Crippen molar-refractivity contribution in [3.63, 3.8) is 0 Å². The summed E-state index contributed by atoms with van der Waals surface area (Å²) in [6.45, 7) is 4.22. The highest BCUT2D eigenvalue weighted by atomic mass is 16.6. The molecule has 0 radical (unpaired) electrons. The van der Waals surface area contributed by atoms with Crippen LogP contribution in [0.4, 0.5) is 4.79 Å². The van der Waals surface area contributed by atoms with E-state index in [-0.39, 0.29) is 12.0 Å². The SMILES string of the molecule is CCOC(=O)N1CCN(C(=O)c2ccc(OC3CCCC3)cc2)CC1. The van der Waals surface area contributed by atoms with Crippen LogP contribution in [0.2, 0.25) is 0 Å². The number of carbonyl (C=O) groups excluding carboxylic acids is 2. The number of hydrogen-bond acceptors (Lipinski definition) is 4. The van der Waals surface area contributed by atoms with Crippen LogP contribution in [0.15, 0.2) is 24.3 Å². The average Bonchev–Trinajstić information content (AvgIpc) is 3.15. The number of hydrogen-bond donors (Lipinski definition) is 0. The van der Waals surface area contributed by atoms with Gasteiger partial charge in [-0.2, -0.15) is 0 Å². The summed E-state index contributed by atoms with van der Waals surface area (Å²) in [6, 6.07) is 7.40. The van der Waals surface area contributed by atoms with E-state index in [0.29, 0.717) is 44.5 Å². The Morgan fingerprint density at radius 3 is 2.20 bits per heavy atom. The molecule has 1 saturated carbocycles. The van der Waals surface area contributed by atoms with Crippen molar-refractivity contribution in [1.29, 1.82) is 0 Å². The molecule has 2 aliphatic rings. The lowest BCUT2D eigenvalue weighted by molar-refractivity contribution is 0.0570. The summed E-state index contributed by atoms with van der Waals surface area (Å²) >= 11 is 0. The van der Waals surface area contributed by atoms with Crippen molar-refractivity contribution in [2.24, 2.45) is 0 Å². The van der Waals surface area contributed by atoms with Gasteiger partial charge in [-0.05, 0) is 56.9 Å². The van der Waals surface area contributed by atoms with Crippen molar-refractivity contribution < 1.29 is 19.1 Å². The Balaban J connectivity index is 1.52. The zero-order chi connectivity index (χ0) is 17.6. The summed E-state index contributed by atoms with van der Waals surface area (Å²) in [5.41, 5.74) is 0.656. The third-order valence-electron chi connectivity index (χ3n) is 4.80. The first-order valence-corrected chi connectivity index (χ1v) is 9.15. The van der Waals surface area contributed by atoms with Crippen molar-refractivity contribution in [1.82, 2.24) is 9.80 Å². The van der Waals surface area contributed by atoms with Gasteiger partial charge in [-0.25, -0.2) is 4.79 Å². The van der Waals surface area contributed by atoms with E-state index in [9.17, 15) is 9.59 Å². The first-order chi connectivity index (χ1) is 12.2. The molecule has 6 nitrogen and oxygen atoms in total. The molecule has 1 aliphatic carbocycles. The van der Waals surface area contributed by atoms with Gasteiger partial charge in [0.1, 0.15) is 5.75 Å². The molecule has 1 saturated heterocycles. The molecular formula is C19H26N2O4. The van der Waals surface area contributed by atoms with Crippen LogP contribution in [-0.2, 0) is 4.74 Å². The van der Waals surface area contributed by atoms with E-state index in [2.05, 4.69) is 0 Å². The second-order valence-electron chi connectivity index (χ2n) is 6.53. The first kappa shape index (κ1) is 17.6. The lowest BCUT2D eigenvalue weighted by Crippen LogP contribution is -2.50. The normalized spacial score (nSPS) is 18.3. The van der Waals surface area contributed by atoms with Gasteiger partial charge in [-0.3, -0.25) is 4.79 Å². The second kappa shape index (κ2) is 8.23. The predicted octanol–water partition coefficient (Wildman–Crippen LogP) is 2.92. The number of amides is 2. The summed E-state index contributed by atoms with van der Waals surface area (Å²) in [7, 11) is 0. The number of carbonyl (C=O) groups is 2. The maximum Gasteiger partial charge on any atom is 0.409 e. The van der Waals surface area contributed by atoms with Gasteiger partial charge in [0.15, 0.2) is 0 Å². The van der Waals surface area contributed by atoms with Gasteiger partial charge in [-0.1, -0.05) is 0 Å². The fourth-order valence-electron chi connectivity index (χ4n) is 3.36. The van der Waals surface area contributed by atoms with Crippen molar-refractivity contribution in [3.8, 4) is 5.75 Å². The Hall–Kier alpha value is -2.24. The van der Waals surface area contributed by atoms with E-state index in [0.717, 1.165) is 18.6 Å². The molecule has 25 heavy (non-hydrogen) atoms. The maximum absolute atomic E-state index is 12.6. The zero-order valence-corrected chi connectivity index (χ0v) is 14.8. The van der Waals surface area contributed by atoms with Crippen molar-refractivity contribution in [2.75, 3.05) is 32.8 Å². The molecule has 0 unspecified atom stereocenters. The summed E-state index contributed by atoms with van der Waals surface area (Å²) in [6.07, 6.45) is 4.72. The Kier molecular flexibility index (Phi) is 5.79. The van der Waals surface area contributed by atoms with Crippen molar-refractivity contribution in [3.05, 3.63) is 29.8 Å². The summed E-state index contributed by atoms with van der Waals surface area (Å²) in [4.78, 5) is 27.7. The molecule has 0 bridgehead atoms. The molecule has 1 aromatic carbocycles. The van der Waals surface area contributed by atoms with E-state index in [1.165, 1.54) is 12.8 Å². The Bertz CT molecular complexity index is 588. The van der Waals surface area contributed by atoms with Gasteiger partial charge in [-0.15, -0.1) is 0 Å². The van der Waals surface area contributed by atoms with Crippen LogP contribution in [0.25, 0.3) is 0 Å². The van der Waals surface area contributed by atoms with E-state index in [1.807, 2.05) is 24.3 Å². The van der Waals surface area contributed by atoms with Crippen molar-refractivity contribution in [2.45, 2.75) is 38.7 Å². The van der Waals surface area contributed by atoms with Crippen LogP contribution in [0.1, 0.15) is 43.0 Å². The minimum absolute atomic E-state index is 0.00377. The molecule has 0 aromatic heterocycles. The molecule has 136 valence electrons. The highest BCUT2D eigenvalue weighted by Crippen LogP contribution is 2.24. The fraction of sp³-hybridized carbons (Fsp3) is 0.579. The molecule has 0 N–H and O–H groups in total. The second-order valence-corrected chi connectivity index (χ2v) is 6.53. The van der Waals surface area contributed by atoms with E-state index >= 15 is 0 Å². The zero-order valence-electron chi connectivity index (χ0n) is 14.8. The fourth-order valence-corrected chi connectivity index (χ4v) is 3.36. The number of rotatable bonds is 4. The minimum atomic E-state index is -0.303. The number of ether oxygens (including phenoxy) is 2. The topological polar surface area (TPSA) is 59.1 Å². The molecule has 0 spiro atoms.